The van der Waals surface area contributed by atoms with Gasteiger partial charge in [-0.05, 0) is 30.0 Å². The van der Waals surface area contributed by atoms with E-state index in [4.69, 9.17) is 5.73 Å². The molecule has 0 radical (unpaired) electrons. The summed E-state index contributed by atoms with van der Waals surface area (Å²) >= 11 is 0. The lowest BCUT2D eigenvalue weighted by atomic mass is 10.0. The summed E-state index contributed by atoms with van der Waals surface area (Å²) in [6, 6.07) is 18.6. The van der Waals surface area contributed by atoms with Crippen LogP contribution in [-0.2, 0) is 11.2 Å². The van der Waals surface area contributed by atoms with E-state index in [1.165, 1.54) is 0 Å². The molecule has 0 aliphatic rings. The van der Waals surface area contributed by atoms with Gasteiger partial charge in [-0.15, -0.1) is 5.10 Å². The molecule has 7 nitrogen and oxygen atoms in total. The summed E-state index contributed by atoms with van der Waals surface area (Å²) in [5, 5.41) is 7.08. The van der Waals surface area contributed by atoms with Crippen LogP contribution in [0.1, 0.15) is 42.3 Å². The summed E-state index contributed by atoms with van der Waals surface area (Å²) in [5.74, 6) is -0.240. The molecule has 3 aromatic rings. The number of para-hydroxylation sites is 1. The highest BCUT2D eigenvalue weighted by molar-refractivity contribution is 5.94. The van der Waals surface area contributed by atoms with Crippen molar-refractivity contribution in [3.8, 4) is 5.69 Å². The minimum Gasteiger partial charge on any atom is -0.368 e. The van der Waals surface area contributed by atoms with E-state index in [-0.39, 0.29) is 11.7 Å². The first-order valence-electron chi connectivity index (χ1n) is 9.59. The zero-order valence-electron chi connectivity index (χ0n) is 16.6. The Morgan fingerprint density at radius 1 is 1.03 bits per heavy atom. The topological polar surface area (TPSA) is 103 Å². The normalized spacial score (nSPS) is 12.0. The Morgan fingerprint density at radius 2 is 1.66 bits per heavy atom. The van der Waals surface area contributed by atoms with Gasteiger partial charge in [0.05, 0.1) is 5.69 Å². The van der Waals surface area contributed by atoms with Crippen LogP contribution in [-0.4, -0.2) is 32.6 Å². The van der Waals surface area contributed by atoms with Gasteiger partial charge in [-0.25, -0.2) is 9.67 Å². The van der Waals surface area contributed by atoms with Crippen LogP contribution in [0.25, 0.3) is 5.69 Å². The van der Waals surface area contributed by atoms with Crippen LogP contribution in [0, 0.1) is 5.92 Å². The molecule has 2 amide bonds. The third kappa shape index (κ3) is 5.28. The van der Waals surface area contributed by atoms with Gasteiger partial charge in [0, 0.05) is 6.42 Å². The first kappa shape index (κ1) is 20.3. The Hall–Kier alpha value is -3.48. The first-order valence-corrected chi connectivity index (χ1v) is 9.59. The van der Waals surface area contributed by atoms with Crippen molar-refractivity contribution in [3.05, 3.63) is 77.9 Å². The maximum atomic E-state index is 12.7. The average Bonchev–Trinajstić information content (AvgIpc) is 3.12. The molecule has 0 bridgehead atoms. The number of benzene rings is 2. The zero-order chi connectivity index (χ0) is 20.8. The van der Waals surface area contributed by atoms with Crippen molar-refractivity contribution < 1.29 is 9.59 Å². The summed E-state index contributed by atoms with van der Waals surface area (Å²) in [4.78, 5) is 28.9. The number of carbonyl (C=O) groups is 2. The molecule has 1 aromatic heterocycles. The molecule has 3 N–H and O–H groups in total. The van der Waals surface area contributed by atoms with Crippen molar-refractivity contribution in [1.29, 1.82) is 0 Å². The number of amides is 2. The predicted octanol–water partition coefficient (Wildman–Crippen LogP) is 2.49. The van der Waals surface area contributed by atoms with E-state index in [0.29, 0.717) is 18.7 Å². The largest absolute Gasteiger partial charge is 0.368 e. The Balaban J connectivity index is 1.91. The van der Waals surface area contributed by atoms with Crippen molar-refractivity contribution in [1.82, 2.24) is 20.1 Å². The maximum absolute atomic E-state index is 12.7. The summed E-state index contributed by atoms with van der Waals surface area (Å²) in [6.45, 7) is 3.92. The van der Waals surface area contributed by atoms with Crippen LogP contribution in [0.2, 0.25) is 0 Å². The molecular weight excluding hydrogens is 366 g/mol. The summed E-state index contributed by atoms with van der Waals surface area (Å²) in [5.41, 5.74) is 7.30. The lowest BCUT2D eigenvalue weighted by molar-refractivity contribution is -0.120. The molecule has 1 heterocycles. The lowest BCUT2D eigenvalue weighted by Gasteiger charge is -2.16. The zero-order valence-corrected chi connectivity index (χ0v) is 16.6. The van der Waals surface area contributed by atoms with Gasteiger partial charge in [-0.2, -0.15) is 0 Å². The van der Waals surface area contributed by atoms with Crippen LogP contribution in [0.3, 0.4) is 0 Å². The number of nitrogens with one attached hydrogen (secondary N) is 1. The predicted molar refractivity (Wildman–Crippen MR) is 111 cm³/mol. The highest BCUT2D eigenvalue weighted by Crippen LogP contribution is 2.14. The molecule has 0 aliphatic heterocycles. The average molecular weight is 391 g/mol. The third-order valence-electron chi connectivity index (χ3n) is 4.44. The number of nitrogens with zero attached hydrogens (tertiary/aromatic N) is 3. The van der Waals surface area contributed by atoms with Gasteiger partial charge in [-0.1, -0.05) is 62.4 Å². The highest BCUT2D eigenvalue weighted by Gasteiger charge is 2.24. The molecule has 1 unspecified atom stereocenters. The summed E-state index contributed by atoms with van der Waals surface area (Å²) in [7, 11) is 0. The fourth-order valence-electron chi connectivity index (χ4n) is 3.05. The first-order chi connectivity index (χ1) is 13.9. The van der Waals surface area contributed by atoms with Gasteiger partial charge < -0.3 is 11.1 Å². The van der Waals surface area contributed by atoms with Crippen LogP contribution in [0.5, 0.6) is 0 Å². The molecule has 0 fully saturated rings. The minimum atomic E-state index is -0.760. The molecular formula is C22H25N5O2. The Bertz CT molecular complexity index is 967. The second kappa shape index (κ2) is 9.14. The number of rotatable bonds is 8. The SMILES string of the molecule is CC(C)CC(NC(=O)c1nc(Cc2ccccc2)n(-c2ccccc2)n1)C(N)=O. The number of nitrogens with two attached hydrogens (primary N) is 1. The van der Waals surface area contributed by atoms with Crippen LogP contribution >= 0.6 is 0 Å². The highest BCUT2D eigenvalue weighted by atomic mass is 16.2. The maximum Gasteiger partial charge on any atom is 0.291 e. The van der Waals surface area contributed by atoms with Crippen molar-refractivity contribution in [3.63, 3.8) is 0 Å². The van der Waals surface area contributed by atoms with Crippen molar-refractivity contribution in [2.45, 2.75) is 32.7 Å². The van der Waals surface area contributed by atoms with Crippen LogP contribution in [0.4, 0.5) is 0 Å². The van der Waals surface area contributed by atoms with Gasteiger partial charge in [-0.3, -0.25) is 9.59 Å². The molecule has 2 aromatic carbocycles. The standard InChI is InChI=1S/C22H25N5O2/c1-15(2)13-18(20(23)28)24-22(29)21-25-19(14-16-9-5-3-6-10-16)27(26-21)17-11-7-4-8-12-17/h3-12,15,18H,13-14H2,1-2H3,(H2,23,28)(H,24,29). The van der Waals surface area contributed by atoms with Crippen molar-refractivity contribution in [2.24, 2.45) is 11.7 Å². The van der Waals surface area contributed by atoms with E-state index in [1.54, 1.807) is 4.68 Å². The van der Waals surface area contributed by atoms with Gasteiger partial charge in [0.2, 0.25) is 11.7 Å². The summed E-state index contributed by atoms with van der Waals surface area (Å²) < 4.78 is 1.66. The fourth-order valence-corrected chi connectivity index (χ4v) is 3.05. The van der Waals surface area contributed by atoms with Gasteiger partial charge in [0.25, 0.3) is 5.91 Å². The van der Waals surface area contributed by atoms with E-state index < -0.39 is 17.9 Å². The molecule has 0 saturated carbocycles. The molecule has 0 spiro atoms. The molecule has 150 valence electrons. The van der Waals surface area contributed by atoms with Gasteiger partial charge in [0.1, 0.15) is 11.9 Å². The fraction of sp³-hybridized carbons (Fsp3) is 0.273. The lowest BCUT2D eigenvalue weighted by Crippen LogP contribution is -2.45. The van der Waals surface area contributed by atoms with E-state index in [0.717, 1.165) is 11.3 Å². The van der Waals surface area contributed by atoms with Crippen molar-refractivity contribution in [2.75, 3.05) is 0 Å². The quantitative estimate of drug-likeness (QED) is 0.616. The van der Waals surface area contributed by atoms with Crippen molar-refractivity contribution >= 4 is 11.8 Å². The second-order valence-corrected chi connectivity index (χ2v) is 7.32. The molecule has 0 aliphatic carbocycles. The Labute approximate surface area is 170 Å². The van der Waals surface area contributed by atoms with Gasteiger partial charge >= 0.3 is 0 Å². The Morgan fingerprint density at radius 3 is 2.24 bits per heavy atom. The molecule has 0 saturated heterocycles. The number of hydrogen-bond donors (Lipinski definition) is 2. The van der Waals surface area contributed by atoms with E-state index >= 15 is 0 Å². The smallest absolute Gasteiger partial charge is 0.291 e. The number of carbonyl (C=O) groups excluding carboxylic acids is 2. The minimum absolute atomic E-state index is 0.00907. The number of aromatic nitrogens is 3. The van der Waals surface area contributed by atoms with Crippen LogP contribution in [0.15, 0.2) is 60.7 Å². The number of hydrogen-bond acceptors (Lipinski definition) is 4. The second-order valence-electron chi connectivity index (χ2n) is 7.32. The van der Waals surface area contributed by atoms with Crippen LogP contribution < -0.4 is 11.1 Å². The van der Waals surface area contributed by atoms with Gasteiger partial charge in [0.15, 0.2) is 0 Å². The van der Waals surface area contributed by atoms with E-state index in [1.807, 2.05) is 74.5 Å². The Kier molecular flexibility index (Phi) is 6.39. The van der Waals surface area contributed by atoms with E-state index in [2.05, 4.69) is 15.4 Å². The molecule has 1 atom stereocenters. The van der Waals surface area contributed by atoms with E-state index in [9.17, 15) is 9.59 Å². The summed E-state index contributed by atoms with van der Waals surface area (Å²) in [6.07, 6.45) is 0.971. The number of primary amides is 1. The third-order valence-corrected chi connectivity index (χ3v) is 4.44. The monoisotopic (exact) mass is 391 g/mol. The molecule has 3 rings (SSSR count). The molecule has 29 heavy (non-hydrogen) atoms. The molecule has 7 heteroatoms.